The lowest BCUT2D eigenvalue weighted by Gasteiger charge is -2.24. The minimum absolute atomic E-state index is 0.254. The van der Waals surface area contributed by atoms with Gasteiger partial charge < -0.3 is 44.9 Å². The first-order valence-corrected chi connectivity index (χ1v) is 15.1. The molecule has 36 heavy (non-hydrogen) atoms. The number of ether oxygens (including phenoxy) is 1. The van der Waals surface area contributed by atoms with E-state index in [-0.39, 0.29) is 17.1 Å². The molecule has 1 saturated heterocycles. The normalized spacial score (nSPS) is 26.6. The minimum Gasteiger partial charge on any atom is -0.386 e. The Morgan fingerprint density at radius 1 is 1.11 bits per heavy atom. The summed E-state index contributed by atoms with van der Waals surface area (Å²) in [5.41, 5.74) is 4.16. The predicted octanol–water partition coefficient (Wildman–Crippen LogP) is -2.65. The van der Waals surface area contributed by atoms with Gasteiger partial charge in [-0.05, 0) is 0 Å². The van der Waals surface area contributed by atoms with Crippen LogP contribution < -0.4 is 16.2 Å². The summed E-state index contributed by atoms with van der Waals surface area (Å²) in [5, 5.41) is 10.7. The van der Waals surface area contributed by atoms with Gasteiger partial charge in [-0.25, -0.2) is 23.2 Å². The third-order valence-corrected chi connectivity index (χ3v) is 8.95. The Morgan fingerprint density at radius 3 is 2.33 bits per heavy atom. The summed E-state index contributed by atoms with van der Waals surface area (Å²) < 4.78 is 64.8. The maximum absolute atomic E-state index is 12.4. The standard InChI is InChI=1S/C10H18N6O16P4/c11-10-13-7-4(8(18)14-10)12-2-16(7)9-5(17)6(3(30-9)1-29-35(23,24)25)31-33(19,20)15-34(21,22)32-36(26,27)28/h2-3,5-6,9,17H,1H2,(H2,23,24,25)(H2,26,27,28)(H3,11,13,14,18)(H3,15,19,20,21,22)/t3-,5-,6-,9-/m1/s1. The highest BCUT2D eigenvalue weighted by Crippen LogP contribution is 2.60. The van der Waals surface area contributed by atoms with Crippen molar-refractivity contribution in [1.29, 1.82) is 0 Å². The molecule has 0 amide bonds. The second kappa shape index (κ2) is 10.0. The Kier molecular flexibility index (Phi) is 8.14. The number of rotatable bonds is 10. The number of H-pyrrole nitrogens is 1. The Morgan fingerprint density at radius 2 is 1.75 bits per heavy atom. The molecule has 2 unspecified atom stereocenters. The number of nitrogens with two attached hydrogens (primary N) is 1. The second-order valence-electron chi connectivity index (χ2n) is 6.90. The molecule has 2 aromatic heterocycles. The first kappa shape index (κ1) is 29.2. The van der Waals surface area contributed by atoms with E-state index in [0.717, 1.165) is 15.8 Å². The van der Waals surface area contributed by atoms with E-state index in [2.05, 4.69) is 23.8 Å². The molecule has 0 aliphatic carbocycles. The Balaban J connectivity index is 1.93. The molecule has 0 saturated carbocycles. The van der Waals surface area contributed by atoms with Gasteiger partial charge in [-0.2, -0.15) is 9.29 Å². The molecule has 1 aliphatic heterocycles. The summed E-state index contributed by atoms with van der Waals surface area (Å²) in [5.74, 6) is -0.372. The molecule has 6 atom stereocenters. The number of anilines is 1. The molecule has 3 heterocycles. The van der Waals surface area contributed by atoms with Crippen LogP contribution in [-0.4, -0.2) is 78.9 Å². The number of aliphatic hydroxyl groups excluding tert-OH is 1. The van der Waals surface area contributed by atoms with Crippen molar-refractivity contribution in [2.24, 2.45) is 0 Å². The fraction of sp³-hybridized carbons (Fsp3) is 0.500. The zero-order valence-corrected chi connectivity index (χ0v) is 20.7. The third-order valence-electron chi connectivity index (χ3n) is 4.18. The van der Waals surface area contributed by atoms with Crippen molar-refractivity contribution >= 4 is 48.3 Å². The number of aliphatic hydroxyl groups is 1. The fourth-order valence-electron chi connectivity index (χ4n) is 3.02. The van der Waals surface area contributed by atoms with E-state index < -0.39 is 67.8 Å². The molecule has 22 nitrogen and oxygen atoms in total. The van der Waals surface area contributed by atoms with Crippen LogP contribution in [-0.2, 0) is 36.4 Å². The number of aromatic amines is 1. The van der Waals surface area contributed by atoms with Gasteiger partial charge in [0.2, 0.25) is 5.95 Å². The highest BCUT2D eigenvalue weighted by Gasteiger charge is 2.51. The summed E-state index contributed by atoms with van der Waals surface area (Å²) in [6, 6.07) is 0. The lowest BCUT2D eigenvalue weighted by atomic mass is 10.1. The van der Waals surface area contributed by atoms with Crippen molar-refractivity contribution in [2.75, 3.05) is 12.3 Å². The molecule has 11 N–H and O–H groups in total. The summed E-state index contributed by atoms with van der Waals surface area (Å²) in [4.78, 5) is 77.2. The van der Waals surface area contributed by atoms with Crippen LogP contribution in [0.15, 0.2) is 11.1 Å². The number of fused-ring (bicyclic) bond motifs is 1. The molecule has 0 spiro atoms. The summed E-state index contributed by atoms with van der Waals surface area (Å²) in [7, 11) is -22.1. The summed E-state index contributed by atoms with van der Waals surface area (Å²) in [6.45, 7) is -1.08. The lowest BCUT2D eigenvalue weighted by molar-refractivity contribution is -0.0499. The van der Waals surface area contributed by atoms with Crippen LogP contribution in [0.1, 0.15) is 6.23 Å². The number of nitrogen functional groups attached to an aromatic ring is 1. The van der Waals surface area contributed by atoms with Crippen molar-refractivity contribution in [3.05, 3.63) is 16.7 Å². The van der Waals surface area contributed by atoms with Gasteiger partial charge >= 0.3 is 31.1 Å². The van der Waals surface area contributed by atoms with Gasteiger partial charge in [-0.3, -0.25) is 23.4 Å². The number of hydrogen-bond acceptors (Lipinski definition) is 13. The van der Waals surface area contributed by atoms with Crippen LogP contribution in [0.3, 0.4) is 0 Å². The van der Waals surface area contributed by atoms with Crippen molar-refractivity contribution in [2.45, 2.75) is 24.5 Å². The Labute approximate surface area is 197 Å². The van der Waals surface area contributed by atoms with E-state index in [4.69, 9.17) is 34.6 Å². The molecular formula is C10H18N6O16P4. The van der Waals surface area contributed by atoms with E-state index in [1.54, 1.807) is 0 Å². The fourth-order valence-corrected chi connectivity index (χ4v) is 7.05. The van der Waals surface area contributed by atoms with Gasteiger partial charge in [0.15, 0.2) is 17.4 Å². The molecule has 2 aromatic rings. The van der Waals surface area contributed by atoms with E-state index in [1.165, 1.54) is 0 Å². The molecular weight excluding hydrogens is 584 g/mol. The van der Waals surface area contributed by atoms with Crippen LogP contribution in [0.25, 0.3) is 11.2 Å². The van der Waals surface area contributed by atoms with Gasteiger partial charge in [0.25, 0.3) is 5.56 Å². The third kappa shape index (κ3) is 7.33. The van der Waals surface area contributed by atoms with Crippen molar-refractivity contribution in [3.8, 4) is 0 Å². The average Bonchev–Trinajstić information content (AvgIpc) is 3.18. The predicted molar refractivity (Wildman–Crippen MR) is 111 cm³/mol. The molecule has 1 fully saturated rings. The molecule has 0 aromatic carbocycles. The van der Waals surface area contributed by atoms with Gasteiger partial charge in [-0.1, -0.05) is 0 Å². The van der Waals surface area contributed by atoms with E-state index in [1.807, 2.05) is 0 Å². The van der Waals surface area contributed by atoms with Crippen LogP contribution in [0.5, 0.6) is 0 Å². The number of phosphoric ester groups is 1. The lowest BCUT2D eigenvalue weighted by Crippen LogP contribution is -2.37. The number of imidazole rings is 1. The van der Waals surface area contributed by atoms with Crippen LogP contribution in [0, 0.1) is 0 Å². The first-order valence-electron chi connectivity index (χ1n) is 8.93. The second-order valence-corrected chi connectivity index (χ2v) is 12.9. The SMILES string of the molecule is Nc1nc2c(ncn2[C@@H]2O[C@H](COP(=O)(O)O)[C@@H](OP(=O)(O)NP(=O)(O)OP(=O)(O)O)[C@H]2O)c(=O)[nH]1. The van der Waals surface area contributed by atoms with Crippen molar-refractivity contribution in [3.63, 3.8) is 0 Å². The van der Waals surface area contributed by atoms with Gasteiger partial charge in [0, 0.05) is 0 Å². The maximum Gasteiger partial charge on any atom is 0.477 e. The number of nitrogens with zero attached hydrogens (tertiary/aromatic N) is 3. The number of nitrogens with one attached hydrogen (secondary N) is 2. The minimum atomic E-state index is -5.69. The molecule has 1 aliphatic rings. The number of aromatic nitrogens is 4. The number of hydrogen-bond donors (Lipinski definition) is 10. The topological polar surface area (TPSA) is 348 Å². The zero-order valence-electron chi connectivity index (χ0n) is 17.1. The summed E-state index contributed by atoms with van der Waals surface area (Å²) in [6.07, 6.45) is -6.63. The van der Waals surface area contributed by atoms with E-state index >= 15 is 0 Å². The molecule has 0 bridgehead atoms. The maximum atomic E-state index is 12.4. The van der Waals surface area contributed by atoms with Crippen LogP contribution >= 0.6 is 31.1 Å². The quantitative estimate of drug-likeness (QED) is 0.124. The van der Waals surface area contributed by atoms with Gasteiger partial charge in [0.1, 0.15) is 18.3 Å². The summed E-state index contributed by atoms with van der Waals surface area (Å²) >= 11 is 0. The average molecular weight is 602 g/mol. The van der Waals surface area contributed by atoms with Crippen LogP contribution in [0.2, 0.25) is 0 Å². The highest BCUT2D eigenvalue weighted by molar-refractivity contribution is 7.70. The first-order chi connectivity index (χ1) is 16.3. The largest absolute Gasteiger partial charge is 0.477 e. The van der Waals surface area contributed by atoms with E-state index in [0.29, 0.717) is 0 Å². The molecule has 204 valence electrons. The monoisotopic (exact) mass is 602 g/mol. The number of phosphoric acid groups is 2. The Bertz CT molecular complexity index is 1380. The smallest absolute Gasteiger partial charge is 0.386 e. The molecule has 26 heteroatoms. The molecule has 3 rings (SSSR count). The zero-order chi connectivity index (χ0) is 27.3. The van der Waals surface area contributed by atoms with Crippen LogP contribution in [0.4, 0.5) is 5.95 Å². The van der Waals surface area contributed by atoms with Crippen molar-refractivity contribution in [1.82, 2.24) is 24.4 Å². The van der Waals surface area contributed by atoms with Gasteiger partial charge in [0.05, 0.1) is 12.9 Å². The van der Waals surface area contributed by atoms with Crippen molar-refractivity contribution < 1.29 is 70.8 Å². The molecule has 0 radical (unpaired) electrons. The Hall–Kier alpha value is -1.41. The van der Waals surface area contributed by atoms with E-state index in [9.17, 15) is 37.9 Å². The highest BCUT2D eigenvalue weighted by atomic mass is 31.3. The van der Waals surface area contributed by atoms with Gasteiger partial charge in [-0.15, -0.1) is 4.86 Å².